The fourth-order valence-electron chi connectivity index (χ4n) is 2.89. The van der Waals surface area contributed by atoms with Crippen LogP contribution in [-0.2, 0) is 9.59 Å². The number of carbonyl (C=O) groups is 2. The van der Waals surface area contributed by atoms with Crippen molar-refractivity contribution in [3.05, 3.63) is 29.0 Å². The molecule has 2 atom stereocenters. The Balaban J connectivity index is 2.05. The number of rotatable bonds is 2. The van der Waals surface area contributed by atoms with E-state index >= 15 is 0 Å². The Labute approximate surface area is 127 Å². The lowest BCUT2D eigenvalue weighted by Crippen LogP contribution is -2.70. The van der Waals surface area contributed by atoms with Crippen LogP contribution in [0.5, 0.6) is 0 Å². The Morgan fingerprint density at radius 2 is 2.05 bits per heavy atom. The molecule has 2 aliphatic rings. The van der Waals surface area contributed by atoms with Crippen molar-refractivity contribution in [1.82, 2.24) is 5.32 Å². The summed E-state index contributed by atoms with van der Waals surface area (Å²) in [5, 5.41) is 3.06. The van der Waals surface area contributed by atoms with E-state index in [1.54, 1.807) is 13.8 Å². The van der Waals surface area contributed by atoms with Gasteiger partial charge >= 0.3 is 0 Å². The van der Waals surface area contributed by atoms with Crippen LogP contribution in [0.1, 0.15) is 26.7 Å². The zero-order chi connectivity index (χ0) is 15.4. The van der Waals surface area contributed by atoms with Crippen molar-refractivity contribution in [3.63, 3.8) is 0 Å². The van der Waals surface area contributed by atoms with E-state index in [1.165, 1.54) is 17.0 Å². The van der Waals surface area contributed by atoms with Crippen LogP contribution >= 0.6 is 11.6 Å². The Kier molecular flexibility index (Phi) is 3.20. The minimum absolute atomic E-state index is 0.0959. The molecule has 1 saturated carbocycles. The van der Waals surface area contributed by atoms with Gasteiger partial charge in [-0.1, -0.05) is 11.6 Å². The van der Waals surface area contributed by atoms with Gasteiger partial charge in [-0.2, -0.15) is 0 Å². The van der Waals surface area contributed by atoms with E-state index in [0.717, 1.165) is 18.9 Å². The lowest BCUT2D eigenvalue weighted by molar-refractivity contribution is -0.138. The number of halogens is 2. The van der Waals surface area contributed by atoms with Gasteiger partial charge in [-0.3, -0.25) is 14.5 Å². The van der Waals surface area contributed by atoms with Gasteiger partial charge in [0.2, 0.25) is 5.91 Å². The van der Waals surface area contributed by atoms with Crippen LogP contribution in [-0.4, -0.2) is 23.4 Å². The Morgan fingerprint density at radius 1 is 1.38 bits per heavy atom. The van der Waals surface area contributed by atoms with Gasteiger partial charge in [0.05, 0.1) is 5.69 Å². The molecule has 0 spiro atoms. The molecular formula is C15H16ClFN2O2. The van der Waals surface area contributed by atoms with Crippen molar-refractivity contribution in [2.45, 2.75) is 38.3 Å². The number of hydrogen-bond acceptors (Lipinski definition) is 2. The third-order valence-electron chi connectivity index (χ3n) is 4.38. The highest BCUT2D eigenvalue weighted by molar-refractivity contribution is 6.30. The summed E-state index contributed by atoms with van der Waals surface area (Å²) in [6.45, 7) is 3.31. The molecule has 1 aliphatic carbocycles. The summed E-state index contributed by atoms with van der Waals surface area (Å²) < 4.78 is 14.2. The lowest BCUT2D eigenvalue weighted by atomic mass is 9.89. The summed E-state index contributed by atoms with van der Waals surface area (Å²) in [4.78, 5) is 26.3. The SMILES string of the molecule is CC1C(=O)NC(C)(C2CC2)C(=O)N1c1ccc(Cl)cc1F. The molecule has 2 unspecified atom stereocenters. The number of nitrogens with zero attached hydrogens (tertiary/aromatic N) is 1. The van der Waals surface area contributed by atoms with Gasteiger partial charge in [0, 0.05) is 5.02 Å². The molecule has 6 heteroatoms. The van der Waals surface area contributed by atoms with E-state index in [1.807, 2.05) is 0 Å². The maximum atomic E-state index is 14.2. The zero-order valence-corrected chi connectivity index (χ0v) is 12.6. The van der Waals surface area contributed by atoms with Gasteiger partial charge in [0.15, 0.2) is 0 Å². The molecule has 0 aromatic heterocycles. The number of hydrogen-bond donors (Lipinski definition) is 1. The Bertz CT molecular complexity index is 632. The summed E-state index contributed by atoms with van der Waals surface area (Å²) in [5.41, 5.74) is -0.853. The van der Waals surface area contributed by atoms with Gasteiger partial charge < -0.3 is 5.32 Å². The van der Waals surface area contributed by atoms with Crippen molar-refractivity contribution in [2.75, 3.05) is 4.90 Å². The zero-order valence-electron chi connectivity index (χ0n) is 11.8. The minimum Gasteiger partial charge on any atom is -0.340 e. The molecule has 3 rings (SSSR count). The first kappa shape index (κ1) is 14.3. The Hall–Kier alpha value is -1.62. The van der Waals surface area contributed by atoms with E-state index in [9.17, 15) is 14.0 Å². The smallest absolute Gasteiger partial charge is 0.253 e. The first-order valence-electron chi connectivity index (χ1n) is 6.95. The van der Waals surface area contributed by atoms with Crippen molar-refractivity contribution in [1.29, 1.82) is 0 Å². The van der Waals surface area contributed by atoms with Gasteiger partial charge in [-0.15, -0.1) is 0 Å². The number of benzene rings is 1. The molecule has 1 heterocycles. The van der Waals surface area contributed by atoms with Gasteiger partial charge in [-0.05, 0) is 50.8 Å². The van der Waals surface area contributed by atoms with Crippen LogP contribution in [0.25, 0.3) is 0 Å². The third-order valence-corrected chi connectivity index (χ3v) is 4.61. The van der Waals surface area contributed by atoms with E-state index in [4.69, 9.17) is 11.6 Å². The normalized spacial score (nSPS) is 29.5. The van der Waals surface area contributed by atoms with Crippen LogP contribution in [0.4, 0.5) is 10.1 Å². The topological polar surface area (TPSA) is 49.4 Å². The van der Waals surface area contributed by atoms with E-state index < -0.39 is 17.4 Å². The minimum atomic E-state index is -0.949. The van der Waals surface area contributed by atoms with E-state index in [2.05, 4.69) is 5.32 Å². The van der Waals surface area contributed by atoms with Gasteiger partial charge in [0.25, 0.3) is 5.91 Å². The maximum Gasteiger partial charge on any atom is 0.253 e. The first-order chi connectivity index (χ1) is 9.84. The highest BCUT2D eigenvalue weighted by Crippen LogP contribution is 2.43. The summed E-state index contributed by atoms with van der Waals surface area (Å²) in [7, 11) is 0. The molecule has 2 fully saturated rings. The monoisotopic (exact) mass is 310 g/mol. The molecule has 1 N–H and O–H groups in total. The van der Waals surface area contributed by atoms with Crippen LogP contribution in [0.2, 0.25) is 5.02 Å². The third kappa shape index (κ3) is 2.20. The van der Waals surface area contributed by atoms with Crippen molar-refractivity contribution in [3.8, 4) is 0 Å². The quantitative estimate of drug-likeness (QED) is 0.912. The molecule has 1 aromatic carbocycles. The summed E-state index contributed by atoms with van der Waals surface area (Å²) >= 11 is 5.75. The average Bonchev–Trinajstić information content (AvgIpc) is 3.24. The van der Waals surface area contributed by atoms with Crippen LogP contribution in [0, 0.1) is 11.7 Å². The molecule has 1 saturated heterocycles. The molecule has 0 radical (unpaired) electrons. The second-order valence-corrected chi connectivity index (χ2v) is 6.35. The van der Waals surface area contributed by atoms with Crippen molar-refractivity contribution >= 4 is 29.1 Å². The van der Waals surface area contributed by atoms with Crippen LogP contribution in [0.15, 0.2) is 18.2 Å². The summed E-state index contributed by atoms with van der Waals surface area (Å²) in [6, 6.07) is 3.36. The number of piperazine rings is 1. The summed E-state index contributed by atoms with van der Waals surface area (Å²) in [5.74, 6) is -1.01. The van der Waals surface area contributed by atoms with E-state index in [-0.39, 0.29) is 28.4 Å². The fourth-order valence-corrected chi connectivity index (χ4v) is 3.05. The van der Waals surface area contributed by atoms with Crippen molar-refractivity contribution in [2.24, 2.45) is 5.92 Å². The Morgan fingerprint density at radius 3 is 2.62 bits per heavy atom. The second kappa shape index (κ2) is 4.70. The average molecular weight is 311 g/mol. The van der Waals surface area contributed by atoms with Crippen molar-refractivity contribution < 1.29 is 14.0 Å². The van der Waals surface area contributed by atoms with Gasteiger partial charge in [-0.25, -0.2) is 4.39 Å². The molecular weight excluding hydrogens is 295 g/mol. The molecule has 112 valence electrons. The predicted molar refractivity (Wildman–Crippen MR) is 77.6 cm³/mol. The number of amides is 2. The molecule has 1 aliphatic heterocycles. The molecule has 21 heavy (non-hydrogen) atoms. The van der Waals surface area contributed by atoms with Crippen LogP contribution < -0.4 is 10.2 Å². The largest absolute Gasteiger partial charge is 0.340 e. The molecule has 4 nitrogen and oxygen atoms in total. The molecule has 2 amide bonds. The highest BCUT2D eigenvalue weighted by Gasteiger charge is 2.55. The highest BCUT2D eigenvalue weighted by atomic mass is 35.5. The number of nitrogens with one attached hydrogen (secondary N) is 1. The van der Waals surface area contributed by atoms with Gasteiger partial charge in [0.1, 0.15) is 17.4 Å². The van der Waals surface area contributed by atoms with Crippen LogP contribution in [0.3, 0.4) is 0 Å². The number of carbonyl (C=O) groups excluding carboxylic acids is 2. The van der Waals surface area contributed by atoms with E-state index in [0.29, 0.717) is 0 Å². The molecule has 1 aromatic rings. The maximum absolute atomic E-state index is 14.2. The fraction of sp³-hybridized carbons (Fsp3) is 0.467. The predicted octanol–water partition coefficient (Wildman–Crippen LogP) is 2.50. The standard InChI is InChI=1S/C15H16ClFN2O2/c1-8-13(20)18-15(2,9-3-4-9)14(21)19(8)12-6-5-10(16)7-11(12)17/h5-9H,3-4H2,1-2H3,(H,18,20). The lowest BCUT2D eigenvalue weighted by Gasteiger charge is -2.43. The first-order valence-corrected chi connectivity index (χ1v) is 7.33. The summed E-state index contributed by atoms with van der Waals surface area (Å²) in [6.07, 6.45) is 1.79. The number of anilines is 1. The molecule has 0 bridgehead atoms. The second-order valence-electron chi connectivity index (χ2n) is 5.91.